The number of nitrogens with two attached hydrogens (primary N) is 1. The van der Waals surface area contributed by atoms with Crippen LogP contribution in [0.4, 0.5) is 10.1 Å². The molecule has 1 aliphatic carbocycles. The predicted octanol–water partition coefficient (Wildman–Crippen LogP) is 1.93. The van der Waals surface area contributed by atoms with E-state index in [-0.39, 0.29) is 20.6 Å². The molecular formula is C13H19BrFN3O2S. The topological polar surface area (TPSA) is 75.4 Å². The maximum Gasteiger partial charge on any atom is 0.242 e. The van der Waals surface area contributed by atoms with Crippen LogP contribution in [0.1, 0.15) is 19.3 Å². The molecular weight excluding hydrogens is 361 g/mol. The molecule has 1 aromatic carbocycles. The molecule has 118 valence electrons. The fourth-order valence-electron chi connectivity index (χ4n) is 2.45. The molecule has 0 spiro atoms. The lowest BCUT2D eigenvalue weighted by atomic mass is 9.76. The van der Waals surface area contributed by atoms with Gasteiger partial charge in [-0.3, -0.25) is 0 Å². The van der Waals surface area contributed by atoms with Gasteiger partial charge in [0.15, 0.2) is 0 Å². The third-order valence-corrected chi connectivity index (χ3v) is 6.23. The van der Waals surface area contributed by atoms with Crippen molar-refractivity contribution in [3.05, 3.63) is 22.4 Å². The smallest absolute Gasteiger partial charge is 0.242 e. The third-order valence-electron chi connectivity index (χ3n) is 4.17. The highest BCUT2D eigenvalue weighted by Crippen LogP contribution is 2.36. The van der Waals surface area contributed by atoms with E-state index in [1.54, 1.807) is 0 Å². The molecule has 0 saturated heterocycles. The zero-order chi connectivity index (χ0) is 15.8. The van der Waals surface area contributed by atoms with E-state index < -0.39 is 15.8 Å². The molecule has 2 rings (SSSR count). The minimum atomic E-state index is -3.77. The number of hydrogen-bond acceptors (Lipinski definition) is 4. The molecule has 0 unspecified atom stereocenters. The second-order valence-electron chi connectivity index (χ2n) is 5.60. The summed E-state index contributed by atoms with van der Waals surface area (Å²) in [6, 6.07) is 2.19. The zero-order valence-electron chi connectivity index (χ0n) is 12.0. The summed E-state index contributed by atoms with van der Waals surface area (Å²) in [7, 11) is 0.110. The van der Waals surface area contributed by atoms with Crippen molar-refractivity contribution in [2.24, 2.45) is 0 Å². The Morgan fingerprint density at radius 1 is 1.43 bits per heavy atom. The number of anilines is 1. The van der Waals surface area contributed by atoms with Crippen LogP contribution in [0.3, 0.4) is 0 Å². The number of nitrogen functional groups attached to an aromatic ring is 1. The Labute approximate surface area is 132 Å². The number of sulfonamides is 1. The van der Waals surface area contributed by atoms with Crippen molar-refractivity contribution in [3.63, 3.8) is 0 Å². The van der Waals surface area contributed by atoms with Crippen molar-refractivity contribution in [2.75, 3.05) is 26.4 Å². The van der Waals surface area contributed by atoms with Crippen LogP contribution in [-0.2, 0) is 10.0 Å². The molecule has 0 aromatic heterocycles. The molecule has 0 aliphatic heterocycles. The van der Waals surface area contributed by atoms with Gasteiger partial charge in [-0.1, -0.05) is 0 Å². The summed E-state index contributed by atoms with van der Waals surface area (Å²) in [4.78, 5) is 1.94. The average Bonchev–Trinajstić information content (AvgIpc) is 2.31. The van der Waals surface area contributed by atoms with E-state index in [4.69, 9.17) is 5.73 Å². The van der Waals surface area contributed by atoms with Gasteiger partial charge in [0.05, 0.1) is 10.2 Å². The lowest BCUT2D eigenvalue weighted by Crippen LogP contribution is -2.57. The van der Waals surface area contributed by atoms with Gasteiger partial charge in [0.1, 0.15) is 10.7 Å². The Balaban J connectivity index is 2.21. The van der Waals surface area contributed by atoms with E-state index in [1.807, 2.05) is 19.0 Å². The summed E-state index contributed by atoms with van der Waals surface area (Å²) >= 11 is 2.98. The molecule has 0 bridgehead atoms. The van der Waals surface area contributed by atoms with Gasteiger partial charge in [0.25, 0.3) is 0 Å². The summed E-state index contributed by atoms with van der Waals surface area (Å²) in [5.41, 5.74) is 5.39. The van der Waals surface area contributed by atoms with Crippen LogP contribution in [0.5, 0.6) is 0 Å². The minimum Gasteiger partial charge on any atom is -0.398 e. The van der Waals surface area contributed by atoms with E-state index in [0.29, 0.717) is 6.54 Å². The number of rotatable bonds is 5. The minimum absolute atomic E-state index is 0.0723. The number of hydrogen-bond donors (Lipinski definition) is 2. The molecule has 1 fully saturated rings. The van der Waals surface area contributed by atoms with E-state index in [1.165, 1.54) is 6.07 Å². The van der Waals surface area contributed by atoms with Crippen LogP contribution in [0.15, 0.2) is 21.5 Å². The van der Waals surface area contributed by atoms with E-state index in [0.717, 1.165) is 25.3 Å². The zero-order valence-corrected chi connectivity index (χ0v) is 14.4. The van der Waals surface area contributed by atoms with Crippen LogP contribution >= 0.6 is 15.9 Å². The Bertz CT molecular complexity index is 645. The van der Waals surface area contributed by atoms with E-state index in [2.05, 4.69) is 20.7 Å². The predicted molar refractivity (Wildman–Crippen MR) is 84.0 cm³/mol. The lowest BCUT2D eigenvalue weighted by Gasteiger charge is -2.47. The fourth-order valence-corrected chi connectivity index (χ4v) is 4.20. The second-order valence-corrected chi connectivity index (χ2v) is 8.19. The molecule has 5 nitrogen and oxygen atoms in total. The number of halogens is 2. The largest absolute Gasteiger partial charge is 0.398 e. The maximum atomic E-state index is 13.3. The molecule has 1 saturated carbocycles. The first-order valence-electron chi connectivity index (χ1n) is 6.60. The second kappa shape index (κ2) is 5.83. The van der Waals surface area contributed by atoms with Gasteiger partial charge < -0.3 is 10.6 Å². The molecule has 1 aromatic rings. The van der Waals surface area contributed by atoms with Crippen LogP contribution in [0, 0.1) is 5.82 Å². The van der Waals surface area contributed by atoms with Gasteiger partial charge in [0.2, 0.25) is 10.0 Å². The van der Waals surface area contributed by atoms with Gasteiger partial charge in [-0.25, -0.2) is 17.5 Å². The van der Waals surface area contributed by atoms with Gasteiger partial charge in [0, 0.05) is 12.1 Å². The van der Waals surface area contributed by atoms with Crippen LogP contribution < -0.4 is 10.5 Å². The Hall–Kier alpha value is -0.700. The van der Waals surface area contributed by atoms with E-state index in [9.17, 15) is 12.8 Å². The Morgan fingerprint density at radius 2 is 2.05 bits per heavy atom. The molecule has 3 N–H and O–H groups in total. The van der Waals surface area contributed by atoms with Crippen molar-refractivity contribution in [1.29, 1.82) is 0 Å². The average molecular weight is 380 g/mol. The van der Waals surface area contributed by atoms with Crippen LogP contribution in [-0.4, -0.2) is 39.5 Å². The van der Waals surface area contributed by atoms with Crippen molar-refractivity contribution in [3.8, 4) is 0 Å². The van der Waals surface area contributed by atoms with Crippen molar-refractivity contribution >= 4 is 31.6 Å². The monoisotopic (exact) mass is 379 g/mol. The summed E-state index contributed by atoms with van der Waals surface area (Å²) in [6.07, 6.45) is 2.99. The Morgan fingerprint density at radius 3 is 2.52 bits per heavy atom. The summed E-state index contributed by atoms with van der Waals surface area (Å²) in [6.45, 7) is 0.316. The molecule has 0 heterocycles. The highest BCUT2D eigenvalue weighted by molar-refractivity contribution is 9.10. The molecule has 8 heteroatoms. The van der Waals surface area contributed by atoms with Crippen LogP contribution in [0.2, 0.25) is 0 Å². The standard InChI is InChI=1S/C13H19BrFN3O2S/c1-18(2)13(4-3-5-13)8-17-21(19,20)12-6-9(14)10(15)7-11(12)16/h6-7,17H,3-5,8,16H2,1-2H3. The first-order chi connectivity index (χ1) is 9.68. The highest BCUT2D eigenvalue weighted by Gasteiger charge is 2.40. The number of nitrogens with zero attached hydrogens (tertiary/aromatic N) is 1. The number of nitrogens with one attached hydrogen (secondary N) is 1. The lowest BCUT2D eigenvalue weighted by molar-refractivity contribution is 0.0657. The summed E-state index contributed by atoms with van der Waals surface area (Å²) in [5, 5.41) is 0. The first-order valence-corrected chi connectivity index (χ1v) is 8.87. The first kappa shape index (κ1) is 16.7. The van der Waals surface area contributed by atoms with Crippen molar-refractivity contribution in [2.45, 2.75) is 29.7 Å². The number of likely N-dealkylation sites (N-methyl/N-ethyl adjacent to an activating group) is 1. The van der Waals surface area contributed by atoms with Gasteiger partial charge in [-0.15, -0.1) is 0 Å². The van der Waals surface area contributed by atoms with Crippen molar-refractivity contribution in [1.82, 2.24) is 9.62 Å². The Kier molecular flexibility index (Phi) is 4.63. The molecule has 21 heavy (non-hydrogen) atoms. The summed E-state index contributed by atoms with van der Waals surface area (Å²) < 4.78 is 40.8. The maximum absolute atomic E-state index is 13.3. The van der Waals surface area contributed by atoms with Gasteiger partial charge in [-0.2, -0.15) is 0 Å². The van der Waals surface area contributed by atoms with Gasteiger partial charge in [-0.05, 0) is 61.4 Å². The summed E-state index contributed by atoms with van der Waals surface area (Å²) in [5.74, 6) is -0.588. The molecule has 0 atom stereocenters. The molecule has 1 aliphatic rings. The highest BCUT2D eigenvalue weighted by atomic mass is 79.9. The quantitative estimate of drug-likeness (QED) is 0.766. The van der Waals surface area contributed by atoms with E-state index >= 15 is 0 Å². The third kappa shape index (κ3) is 3.23. The molecule has 0 amide bonds. The SMILES string of the molecule is CN(C)C1(CNS(=O)(=O)c2cc(Br)c(F)cc2N)CCC1. The molecule has 0 radical (unpaired) electrons. The van der Waals surface area contributed by atoms with Gasteiger partial charge >= 0.3 is 0 Å². The fraction of sp³-hybridized carbons (Fsp3) is 0.538. The van der Waals surface area contributed by atoms with Crippen molar-refractivity contribution < 1.29 is 12.8 Å². The van der Waals surface area contributed by atoms with Crippen LogP contribution in [0.25, 0.3) is 0 Å². The number of benzene rings is 1. The normalized spacial score (nSPS) is 17.8.